The first kappa shape index (κ1) is 11.4. The lowest BCUT2D eigenvalue weighted by atomic mass is 10.2. The van der Waals surface area contributed by atoms with Crippen molar-refractivity contribution in [3.8, 4) is 0 Å². The average molecular weight is 237 g/mol. The van der Waals surface area contributed by atoms with Crippen LogP contribution in [0.5, 0.6) is 0 Å². The van der Waals surface area contributed by atoms with Gasteiger partial charge in [0.15, 0.2) is 5.82 Å². The molecule has 1 saturated heterocycles. The summed E-state index contributed by atoms with van der Waals surface area (Å²) in [5.74, 6) is 0.574. The topological polar surface area (TPSA) is 76.2 Å². The lowest BCUT2D eigenvalue weighted by molar-refractivity contribution is -0.405. The SMILES string of the molecule is Cn1cc(CN2CCCNC2=C[N+](=O)[O-])cn1. The molecule has 1 N–H and O–H groups in total. The molecular formula is C10H15N5O2. The number of hydrogen-bond donors (Lipinski definition) is 1. The van der Waals surface area contributed by atoms with Gasteiger partial charge in [0.25, 0.3) is 6.20 Å². The second kappa shape index (κ2) is 4.86. The van der Waals surface area contributed by atoms with E-state index in [-0.39, 0.29) is 0 Å². The maximum Gasteiger partial charge on any atom is 0.274 e. The molecule has 1 fully saturated rings. The van der Waals surface area contributed by atoms with E-state index in [1.165, 1.54) is 0 Å². The van der Waals surface area contributed by atoms with Gasteiger partial charge in [-0.05, 0) is 6.42 Å². The summed E-state index contributed by atoms with van der Waals surface area (Å²) < 4.78 is 1.73. The minimum Gasteiger partial charge on any atom is -0.367 e. The third-order valence-corrected chi connectivity index (χ3v) is 2.61. The molecule has 0 aromatic carbocycles. The van der Waals surface area contributed by atoms with Crippen LogP contribution in [0.3, 0.4) is 0 Å². The third-order valence-electron chi connectivity index (χ3n) is 2.61. The van der Waals surface area contributed by atoms with Crippen molar-refractivity contribution >= 4 is 0 Å². The van der Waals surface area contributed by atoms with E-state index in [4.69, 9.17) is 0 Å². The van der Waals surface area contributed by atoms with Crippen LogP contribution in [-0.2, 0) is 13.6 Å². The molecule has 1 aromatic heterocycles. The molecule has 0 bridgehead atoms. The minimum absolute atomic E-state index is 0.427. The van der Waals surface area contributed by atoms with E-state index in [0.29, 0.717) is 12.4 Å². The molecule has 0 amide bonds. The van der Waals surface area contributed by atoms with Crippen molar-refractivity contribution in [1.82, 2.24) is 20.0 Å². The van der Waals surface area contributed by atoms with Crippen LogP contribution >= 0.6 is 0 Å². The number of nitrogens with one attached hydrogen (secondary N) is 1. The Labute approximate surface area is 98.9 Å². The van der Waals surface area contributed by atoms with Crippen molar-refractivity contribution in [3.05, 3.63) is 40.1 Å². The first-order chi connectivity index (χ1) is 8.15. The summed E-state index contributed by atoms with van der Waals surface area (Å²) in [5.41, 5.74) is 1.05. The zero-order valence-electron chi connectivity index (χ0n) is 9.67. The van der Waals surface area contributed by atoms with Gasteiger partial charge in [-0.1, -0.05) is 0 Å². The van der Waals surface area contributed by atoms with Crippen molar-refractivity contribution in [2.75, 3.05) is 13.1 Å². The molecule has 2 rings (SSSR count). The van der Waals surface area contributed by atoms with Crippen LogP contribution in [0.2, 0.25) is 0 Å². The van der Waals surface area contributed by atoms with Gasteiger partial charge in [-0.3, -0.25) is 14.8 Å². The number of nitrogens with zero attached hydrogens (tertiary/aromatic N) is 4. The van der Waals surface area contributed by atoms with Crippen molar-refractivity contribution in [2.45, 2.75) is 13.0 Å². The fraction of sp³-hybridized carbons (Fsp3) is 0.500. The Bertz CT molecular complexity index is 440. The summed E-state index contributed by atoms with van der Waals surface area (Å²) in [6.45, 7) is 2.24. The van der Waals surface area contributed by atoms with Crippen molar-refractivity contribution in [2.24, 2.45) is 7.05 Å². The second-order valence-corrected chi connectivity index (χ2v) is 4.02. The molecule has 1 aliphatic rings. The maximum atomic E-state index is 10.5. The summed E-state index contributed by atoms with van der Waals surface area (Å²) in [7, 11) is 1.85. The Kier molecular flexibility index (Phi) is 3.27. The van der Waals surface area contributed by atoms with Crippen molar-refractivity contribution in [3.63, 3.8) is 0 Å². The zero-order chi connectivity index (χ0) is 12.3. The van der Waals surface area contributed by atoms with E-state index in [1.807, 2.05) is 18.1 Å². The monoisotopic (exact) mass is 237 g/mol. The van der Waals surface area contributed by atoms with E-state index < -0.39 is 4.92 Å². The van der Waals surface area contributed by atoms with Gasteiger partial charge in [-0.15, -0.1) is 0 Å². The van der Waals surface area contributed by atoms with E-state index in [1.54, 1.807) is 10.9 Å². The summed E-state index contributed by atoms with van der Waals surface area (Å²) >= 11 is 0. The molecular weight excluding hydrogens is 222 g/mol. The third kappa shape index (κ3) is 2.96. The quantitative estimate of drug-likeness (QED) is 0.604. The summed E-state index contributed by atoms with van der Waals surface area (Å²) in [5, 5.41) is 17.6. The van der Waals surface area contributed by atoms with Gasteiger partial charge in [0, 0.05) is 38.4 Å². The lowest BCUT2D eigenvalue weighted by Gasteiger charge is -2.30. The van der Waals surface area contributed by atoms with E-state index in [9.17, 15) is 10.1 Å². The fourth-order valence-corrected chi connectivity index (χ4v) is 1.88. The van der Waals surface area contributed by atoms with Crippen molar-refractivity contribution < 1.29 is 4.92 Å². The first-order valence-corrected chi connectivity index (χ1v) is 5.47. The summed E-state index contributed by atoms with van der Waals surface area (Å²) in [6, 6.07) is 0. The number of hydrogen-bond acceptors (Lipinski definition) is 5. The van der Waals surface area contributed by atoms with Gasteiger partial charge in [-0.2, -0.15) is 5.10 Å². The molecule has 17 heavy (non-hydrogen) atoms. The van der Waals surface area contributed by atoms with Gasteiger partial charge in [0.05, 0.1) is 11.1 Å². The minimum atomic E-state index is -0.427. The molecule has 1 aliphatic heterocycles. The highest BCUT2D eigenvalue weighted by Crippen LogP contribution is 2.12. The highest BCUT2D eigenvalue weighted by molar-refractivity contribution is 5.07. The molecule has 7 heteroatoms. The van der Waals surface area contributed by atoms with Crippen molar-refractivity contribution in [1.29, 1.82) is 0 Å². The van der Waals surface area contributed by atoms with Gasteiger partial charge in [0.2, 0.25) is 0 Å². The van der Waals surface area contributed by atoms with Gasteiger partial charge in [-0.25, -0.2) is 0 Å². The number of aryl methyl sites for hydroxylation is 1. The summed E-state index contributed by atoms with van der Waals surface area (Å²) in [4.78, 5) is 12.1. The molecule has 0 aliphatic carbocycles. The highest BCUT2D eigenvalue weighted by atomic mass is 16.6. The Morgan fingerprint density at radius 3 is 3.18 bits per heavy atom. The Morgan fingerprint density at radius 1 is 1.71 bits per heavy atom. The normalized spacial score (nSPS) is 18.2. The molecule has 0 spiro atoms. The first-order valence-electron chi connectivity index (χ1n) is 5.47. The fourth-order valence-electron chi connectivity index (χ4n) is 1.88. The molecule has 0 unspecified atom stereocenters. The smallest absolute Gasteiger partial charge is 0.274 e. The van der Waals surface area contributed by atoms with Crippen LogP contribution in [0, 0.1) is 10.1 Å². The number of rotatable bonds is 3. The second-order valence-electron chi connectivity index (χ2n) is 4.02. The van der Waals surface area contributed by atoms with E-state index in [2.05, 4.69) is 10.4 Å². The van der Waals surface area contributed by atoms with Crippen LogP contribution in [-0.4, -0.2) is 32.7 Å². The van der Waals surface area contributed by atoms with Crippen LogP contribution < -0.4 is 5.32 Å². The molecule has 2 heterocycles. The van der Waals surface area contributed by atoms with Gasteiger partial charge < -0.3 is 10.2 Å². The molecule has 0 saturated carbocycles. The summed E-state index contributed by atoms with van der Waals surface area (Å²) in [6.07, 6.45) is 5.70. The van der Waals surface area contributed by atoms with Gasteiger partial charge >= 0.3 is 0 Å². The molecule has 0 atom stereocenters. The highest BCUT2D eigenvalue weighted by Gasteiger charge is 2.18. The van der Waals surface area contributed by atoms with E-state index in [0.717, 1.165) is 31.3 Å². The Morgan fingerprint density at radius 2 is 2.53 bits per heavy atom. The largest absolute Gasteiger partial charge is 0.367 e. The maximum absolute atomic E-state index is 10.5. The lowest BCUT2D eigenvalue weighted by Crippen LogP contribution is -2.39. The predicted octanol–water partition coefficient (Wildman–Crippen LogP) is 0.291. The average Bonchev–Trinajstić information content (AvgIpc) is 2.66. The predicted molar refractivity (Wildman–Crippen MR) is 61.3 cm³/mol. The molecule has 1 aromatic rings. The number of nitro groups is 1. The molecule has 0 radical (unpaired) electrons. The number of aromatic nitrogens is 2. The Hall–Kier alpha value is -2.05. The molecule has 92 valence electrons. The standard InChI is InChI=1S/C10H15N5O2/c1-13-6-9(5-12-13)7-14-4-2-3-11-10(14)8-15(16)17/h5-6,8,11H,2-4,7H2,1H3. The van der Waals surface area contributed by atoms with Crippen LogP contribution in [0.1, 0.15) is 12.0 Å². The van der Waals surface area contributed by atoms with Crippen LogP contribution in [0.4, 0.5) is 0 Å². The van der Waals surface area contributed by atoms with Gasteiger partial charge in [0.1, 0.15) is 0 Å². The van der Waals surface area contributed by atoms with Crippen LogP contribution in [0.25, 0.3) is 0 Å². The van der Waals surface area contributed by atoms with Crippen LogP contribution in [0.15, 0.2) is 24.4 Å². The van der Waals surface area contributed by atoms with E-state index >= 15 is 0 Å². The Balaban J connectivity index is 2.09. The molecule has 7 nitrogen and oxygen atoms in total. The zero-order valence-corrected chi connectivity index (χ0v) is 9.67.